The predicted molar refractivity (Wildman–Crippen MR) is 85.1 cm³/mol. The Labute approximate surface area is 140 Å². The normalized spacial score (nSPS) is 11.8. The highest BCUT2D eigenvalue weighted by atomic mass is 79.9. The van der Waals surface area contributed by atoms with Crippen LogP contribution >= 0.6 is 15.9 Å². The van der Waals surface area contributed by atoms with E-state index < -0.39 is 16.6 Å². The molecule has 9 heteroatoms. The van der Waals surface area contributed by atoms with E-state index >= 15 is 0 Å². The van der Waals surface area contributed by atoms with Crippen LogP contribution in [0.5, 0.6) is 5.75 Å². The van der Waals surface area contributed by atoms with E-state index in [1.54, 1.807) is 12.1 Å². The van der Waals surface area contributed by atoms with Crippen LogP contribution in [0, 0.1) is 0 Å². The number of ether oxygens (including phenoxy) is 1. The van der Waals surface area contributed by atoms with E-state index in [0.29, 0.717) is 5.56 Å². The number of nitrogens with zero attached hydrogens (tertiary/aromatic N) is 1. The van der Waals surface area contributed by atoms with E-state index in [1.165, 1.54) is 42.6 Å². The first-order valence-electron chi connectivity index (χ1n) is 6.22. The van der Waals surface area contributed by atoms with Crippen LogP contribution in [0.25, 0.3) is 0 Å². The van der Waals surface area contributed by atoms with Crippen molar-refractivity contribution in [2.24, 2.45) is 5.10 Å². The molecule has 0 spiro atoms. The molecule has 2 rings (SSSR count). The van der Waals surface area contributed by atoms with Crippen molar-refractivity contribution < 1.29 is 21.9 Å². The zero-order valence-electron chi connectivity index (χ0n) is 11.5. The summed E-state index contributed by atoms with van der Waals surface area (Å²) in [7, 11) is -3.76. The summed E-state index contributed by atoms with van der Waals surface area (Å²) in [4.78, 5) is 2.13. The molecular formula is C14H11BrF2N2O3S. The number of alkyl halides is 2. The Kier molecular flexibility index (Phi) is 5.67. The van der Waals surface area contributed by atoms with Crippen molar-refractivity contribution in [3.8, 4) is 5.75 Å². The van der Waals surface area contributed by atoms with Gasteiger partial charge in [0.1, 0.15) is 5.75 Å². The summed E-state index contributed by atoms with van der Waals surface area (Å²) < 4.78 is 52.9. The van der Waals surface area contributed by atoms with Gasteiger partial charge in [0.25, 0.3) is 10.0 Å². The first-order chi connectivity index (χ1) is 10.9. The Morgan fingerprint density at radius 3 is 2.26 bits per heavy atom. The average molecular weight is 405 g/mol. The summed E-state index contributed by atoms with van der Waals surface area (Å²) in [6, 6.07) is 11.6. The van der Waals surface area contributed by atoms with Gasteiger partial charge in [-0.15, -0.1) is 0 Å². The van der Waals surface area contributed by atoms with E-state index in [2.05, 4.69) is 30.6 Å². The highest BCUT2D eigenvalue weighted by Crippen LogP contribution is 2.15. The fraction of sp³-hybridized carbons (Fsp3) is 0.0714. The van der Waals surface area contributed by atoms with Gasteiger partial charge >= 0.3 is 6.61 Å². The molecule has 0 atom stereocenters. The topological polar surface area (TPSA) is 67.8 Å². The smallest absolute Gasteiger partial charge is 0.387 e. The highest BCUT2D eigenvalue weighted by Gasteiger charge is 2.11. The maximum atomic E-state index is 12.0. The molecule has 2 aromatic carbocycles. The van der Waals surface area contributed by atoms with Gasteiger partial charge in [0.15, 0.2) is 0 Å². The van der Waals surface area contributed by atoms with E-state index in [0.717, 1.165) is 4.47 Å². The van der Waals surface area contributed by atoms with Crippen LogP contribution in [0.2, 0.25) is 0 Å². The number of halogens is 3. The monoisotopic (exact) mass is 404 g/mol. The van der Waals surface area contributed by atoms with Gasteiger partial charge in [0.2, 0.25) is 0 Å². The van der Waals surface area contributed by atoms with Crippen molar-refractivity contribution in [1.29, 1.82) is 0 Å². The predicted octanol–water partition coefficient (Wildman–Crippen LogP) is 3.36. The summed E-state index contributed by atoms with van der Waals surface area (Å²) in [6.07, 6.45) is 1.25. The van der Waals surface area contributed by atoms with Gasteiger partial charge in [-0.1, -0.05) is 15.9 Å². The van der Waals surface area contributed by atoms with Crippen LogP contribution in [0.15, 0.2) is 63.0 Å². The van der Waals surface area contributed by atoms with Crippen molar-refractivity contribution >= 4 is 32.2 Å². The van der Waals surface area contributed by atoms with Crippen LogP contribution in [-0.2, 0) is 10.0 Å². The summed E-state index contributed by atoms with van der Waals surface area (Å²) in [5.74, 6) is 0.00703. The molecule has 23 heavy (non-hydrogen) atoms. The summed E-state index contributed by atoms with van der Waals surface area (Å²) in [5, 5.41) is 3.64. The number of nitrogens with one attached hydrogen (secondary N) is 1. The van der Waals surface area contributed by atoms with Crippen molar-refractivity contribution in [3.63, 3.8) is 0 Å². The lowest BCUT2D eigenvalue weighted by atomic mass is 10.2. The quantitative estimate of drug-likeness (QED) is 0.592. The van der Waals surface area contributed by atoms with Crippen LogP contribution < -0.4 is 9.57 Å². The molecule has 0 aliphatic rings. The lowest BCUT2D eigenvalue weighted by Gasteiger charge is -2.04. The molecule has 2 aromatic rings. The molecule has 122 valence electrons. The fourth-order valence-corrected chi connectivity index (χ4v) is 2.63. The van der Waals surface area contributed by atoms with Crippen molar-refractivity contribution in [1.82, 2.24) is 4.83 Å². The van der Waals surface area contributed by atoms with Crippen molar-refractivity contribution in [2.45, 2.75) is 11.5 Å². The Hall–Kier alpha value is -2.00. The zero-order chi connectivity index (χ0) is 16.9. The third kappa shape index (κ3) is 5.29. The van der Waals surface area contributed by atoms with Crippen LogP contribution in [0.3, 0.4) is 0 Å². The lowest BCUT2D eigenvalue weighted by molar-refractivity contribution is -0.0498. The van der Waals surface area contributed by atoms with Gasteiger partial charge in [-0.2, -0.15) is 22.3 Å². The number of hydrogen-bond donors (Lipinski definition) is 1. The molecule has 0 aliphatic carbocycles. The van der Waals surface area contributed by atoms with Crippen molar-refractivity contribution in [2.75, 3.05) is 0 Å². The zero-order valence-corrected chi connectivity index (χ0v) is 13.9. The van der Waals surface area contributed by atoms with E-state index in [4.69, 9.17) is 0 Å². The van der Waals surface area contributed by atoms with Gasteiger partial charge in [-0.05, 0) is 54.1 Å². The molecule has 0 aliphatic heterocycles. The second-order valence-electron chi connectivity index (χ2n) is 4.25. The minimum Gasteiger partial charge on any atom is -0.435 e. The number of hydrogen-bond acceptors (Lipinski definition) is 4. The SMILES string of the molecule is O=S(=O)(N/N=C\c1ccc(OC(F)F)cc1)c1ccc(Br)cc1. The first-order valence-corrected chi connectivity index (χ1v) is 8.50. The molecule has 0 radical (unpaired) electrons. The van der Waals surface area contributed by atoms with Gasteiger partial charge in [0.05, 0.1) is 11.1 Å². The number of benzene rings is 2. The van der Waals surface area contributed by atoms with Crippen LogP contribution in [-0.4, -0.2) is 21.2 Å². The maximum absolute atomic E-state index is 12.0. The molecule has 1 N–H and O–H groups in total. The highest BCUT2D eigenvalue weighted by molar-refractivity contribution is 9.10. The van der Waals surface area contributed by atoms with E-state index in [-0.39, 0.29) is 10.6 Å². The molecule has 0 heterocycles. The largest absolute Gasteiger partial charge is 0.435 e. The molecule has 0 amide bonds. The Bertz CT molecular complexity index is 779. The molecule has 0 saturated carbocycles. The fourth-order valence-electron chi connectivity index (χ4n) is 1.57. The molecule has 0 fully saturated rings. The lowest BCUT2D eigenvalue weighted by Crippen LogP contribution is -2.18. The average Bonchev–Trinajstić information content (AvgIpc) is 2.49. The maximum Gasteiger partial charge on any atom is 0.387 e. The summed E-state index contributed by atoms with van der Waals surface area (Å²) in [6.45, 7) is -2.90. The number of rotatable bonds is 6. The van der Waals surface area contributed by atoms with Gasteiger partial charge in [0, 0.05) is 4.47 Å². The molecule has 0 unspecified atom stereocenters. The van der Waals surface area contributed by atoms with Crippen LogP contribution in [0.4, 0.5) is 8.78 Å². The molecule has 0 bridgehead atoms. The summed E-state index contributed by atoms with van der Waals surface area (Å²) >= 11 is 3.21. The van der Waals surface area contributed by atoms with Crippen molar-refractivity contribution in [3.05, 3.63) is 58.6 Å². The molecule has 0 saturated heterocycles. The second-order valence-corrected chi connectivity index (χ2v) is 6.83. The minimum absolute atomic E-state index is 0.00703. The Morgan fingerprint density at radius 1 is 1.09 bits per heavy atom. The Balaban J connectivity index is 2.01. The second kappa shape index (κ2) is 7.51. The number of hydrazone groups is 1. The van der Waals surface area contributed by atoms with Gasteiger partial charge in [-0.25, -0.2) is 4.83 Å². The van der Waals surface area contributed by atoms with Crippen LogP contribution in [0.1, 0.15) is 5.56 Å². The standard InChI is InChI=1S/C14H11BrF2N2O3S/c15-11-3-7-13(8-4-11)23(20,21)19-18-9-10-1-5-12(6-2-10)22-14(16)17/h1-9,14,19H/b18-9-. The Morgan fingerprint density at radius 2 is 1.70 bits per heavy atom. The van der Waals surface area contributed by atoms with Gasteiger partial charge in [-0.3, -0.25) is 0 Å². The third-order valence-electron chi connectivity index (χ3n) is 2.62. The van der Waals surface area contributed by atoms with E-state index in [9.17, 15) is 17.2 Å². The third-order valence-corrected chi connectivity index (χ3v) is 4.38. The summed E-state index contributed by atoms with van der Waals surface area (Å²) in [5.41, 5.74) is 0.519. The number of sulfonamides is 1. The van der Waals surface area contributed by atoms with Gasteiger partial charge < -0.3 is 4.74 Å². The first kappa shape index (κ1) is 17.4. The minimum atomic E-state index is -3.76. The molecule has 0 aromatic heterocycles. The molecular weight excluding hydrogens is 394 g/mol. The molecule has 5 nitrogen and oxygen atoms in total. The van der Waals surface area contributed by atoms with E-state index in [1.807, 2.05) is 0 Å².